The van der Waals surface area contributed by atoms with Crippen molar-refractivity contribution in [1.82, 2.24) is 9.97 Å². The fourth-order valence-corrected chi connectivity index (χ4v) is 2.78. The standard InChI is InChI=1S/C11H10N4OS/c12-5-8-6-15(2-3-16-8)11-10-9(1-4-17-10)13-7-14-11/h1,4,7-8H,2-3,6H2. The first-order chi connectivity index (χ1) is 8.38. The highest BCUT2D eigenvalue weighted by molar-refractivity contribution is 7.17. The zero-order chi connectivity index (χ0) is 11.7. The number of hydrogen-bond donors (Lipinski definition) is 0. The van der Waals surface area contributed by atoms with Crippen LogP contribution in [0.15, 0.2) is 17.8 Å². The Balaban J connectivity index is 1.98. The lowest BCUT2D eigenvalue weighted by molar-refractivity contribution is 0.0763. The number of anilines is 1. The number of thiophene rings is 1. The summed E-state index contributed by atoms with van der Waals surface area (Å²) in [6.07, 6.45) is 1.20. The molecule has 3 heterocycles. The van der Waals surface area contributed by atoms with E-state index in [0.29, 0.717) is 13.2 Å². The Bertz CT molecular complexity index is 576. The lowest BCUT2D eigenvalue weighted by Gasteiger charge is -2.30. The monoisotopic (exact) mass is 246 g/mol. The van der Waals surface area contributed by atoms with Crippen LogP contribution in [0.3, 0.4) is 0 Å². The van der Waals surface area contributed by atoms with Crippen LogP contribution in [0.2, 0.25) is 0 Å². The van der Waals surface area contributed by atoms with Crippen LogP contribution in [0.4, 0.5) is 5.82 Å². The van der Waals surface area contributed by atoms with Gasteiger partial charge in [0.25, 0.3) is 0 Å². The van der Waals surface area contributed by atoms with Gasteiger partial charge in [-0.25, -0.2) is 9.97 Å². The lowest BCUT2D eigenvalue weighted by Crippen LogP contribution is -2.42. The van der Waals surface area contributed by atoms with Gasteiger partial charge in [0.1, 0.15) is 12.1 Å². The highest BCUT2D eigenvalue weighted by atomic mass is 32.1. The molecule has 0 aliphatic carbocycles. The molecule has 0 amide bonds. The van der Waals surface area contributed by atoms with Crippen molar-refractivity contribution < 1.29 is 4.74 Å². The van der Waals surface area contributed by atoms with Crippen molar-refractivity contribution in [3.05, 3.63) is 17.8 Å². The Morgan fingerprint density at radius 2 is 2.47 bits per heavy atom. The average Bonchev–Trinajstić information content (AvgIpc) is 2.87. The third kappa shape index (κ3) is 1.84. The Morgan fingerprint density at radius 1 is 1.53 bits per heavy atom. The maximum Gasteiger partial charge on any atom is 0.161 e. The topological polar surface area (TPSA) is 62.0 Å². The Kier molecular flexibility index (Phi) is 2.63. The van der Waals surface area contributed by atoms with Crippen LogP contribution in [0.5, 0.6) is 0 Å². The van der Waals surface area contributed by atoms with Crippen LogP contribution in [-0.2, 0) is 4.74 Å². The summed E-state index contributed by atoms with van der Waals surface area (Å²) in [6.45, 7) is 1.90. The molecule has 2 aromatic heterocycles. The van der Waals surface area contributed by atoms with Crippen molar-refractivity contribution in [1.29, 1.82) is 5.26 Å². The predicted octanol–water partition coefficient (Wildman–Crippen LogP) is 1.42. The SMILES string of the molecule is N#CC1CN(c2ncnc3ccsc23)CCO1. The summed E-state index contributed by atoms with van der Waals surface area (Å²) < 4.78 is 6.40. The summed E-state index contributed by atoms with van der Waals surface area (Å²) in [5.41, 5.74) is 0.958. The largest absolute Gasteiger partial charge is 0.360 e. The molecule has 1 unspecified atom stereocenters. The van der Waals surface area contributed by atoms with Gasteiger partial charge >= 0.3 is 0 Å². The molecule has 0 bridgehead atoms. The van der Waals surface area contributed by atoms with E-state index in [4.69, 9.17) is 10.00 Å². The van der Waals surface area contributed by atoms with Gasteiger partial charge in [0.2, 0.25) is 0 Å². The lowest BCUT2D eigenvalue weighted by atomic mass is 10.3. The summed E-state index contributed by atoms with van der Waals surface area (Å²) in [5.74, 6) is 0.911. The van der Waals surface area contributed by atoms with Crippen LogP contribution < -0.4 is 4.90 Å². The number of nitriles is 1. The molecule has 3 rings (SSSR count). The van der Waals surface area contributed by atoms with E-state index in [0.717, 1.165) is 22.6 Å². The molecule has 1 fully saturated rings. The van der Waals surface area contributed by atoms with Crippen molar-refractivity contribution in [3.8, 4) is 6.07 Å². The molecule has 0 spiro atoms. The summed E-state index contributed by atoms with van der Waals surface area (Å²) in [7, 11) is 0. The van der Waals surface area contributed by atoms with Crippen molar-refractivity contribution in [2.45, 2.75) is 6.10 Å². The first-order valence-electron chi connectivity index (χ1n) is 5.33. The van der Waals surface area contributed by atoms with Crippen molar-refractivity contribution >= 4 is 27.4 Å². The molecule has 0 aromatic carbocycles. The number of aromatic nitrogens is 2. The average molecular weight is 246 g/mol. The van der Waals surface area contributed by atoms with Crippen LogP contribution >= 0.6 is 11.3 Å². The molecule has 1 saturated heterocycles. The molecule has 6 heteroatoms. The number of nitrogens with zero attached hydrogens (tertiary/aromatic N) is 4. The fraction of sp³-hybridized carbons (Fsp3) is 0.364. The van der Waals surface area contributed by atoms with Gasteiger partial charge in [-0.05, 0) is 11.4 Å². The molecular weight excluding hydrogens is 236 g/mol. The second-order valence-corrected chi connectivity index (χ2v) is 4.68. The van der Waals surface area contributed by atoms with Gasteiger partial charge in [0, 0.05) is 6.54 Å². The summed E-state index contributed by atoms with van der Waals surface area (Å²) in [4.78, 5) is 10.6. The number of rotatable bonds is 1. The Morgan fingerprint density at radius 3 is 3.35 bits per heavy atom. The van der Waals surface area contributed by atoms with Gasteiger partial charge in [-0.1, -0.05) is 0 Å². The first kappa shape index (κ1) is 10.4. The number of hydrogen-bond acceptors (Lipinski definition) is 6. The highest BCUT2D eigenvalue weighted by Gasteiger charge is 2.22. The molecule has 1 aliphatic rings. The molecule has 86 valence electrons. The molecule has 0 N–H and O–H groups in total. The van der Waals surface area contributed by atoms with Gasteiger partial charge in [-0.15, -0.1) is 11.3 Å². The minimum Gasteiger partial charge on any atom is -0.360 e. The zero-order valence-electron chi connectivity index (χ0n) is 9.04. The summed E-state index contributed by atoms with van der Waals surface area (Å²) in [6, 6.07) is 4.12. The van der Waals surface area contributed by atoms with Crippen LogP contribution in [0, 0.1) is 11.3 Å². The van der Waals surface area contributed by atoms with Crippen LogP contribution in [-0.4, -0.2) is 35.8 Å². The quantitative estimate of drug-likeness (QED) is 0.761. The second-order valence-electron chi connectivity index (χ2n) is 3.77. The minimum absolute atomic E-state index is 0.367. The van der Waals surface area contributed by atoms with E-state index in [1.807, 2.05) is 11.4 Å². The number of fused-ring (bicyclic) bond motifs is 1. The van der Waals surface area contributed by atoms with Crippen molar-refractivity contribution in [2.75, 3.05) is 24.6 Å². The molecule has 17 heavy (non-hydrogen) atoms. The van der Waals surface area contributed by atoms with Crippen LogP contribution in [0.25, 0.3) is 10.2 Å². The van der Waals surface area contributed by atoms with E-state index < -0.39 is 0 Å². The van der Waals surface area contributed by atoms with Crippen molar-refractivity contribution in [3.63, 3.8) is 0 Å². The Labute approximate surface area is 102 Å². The van der Waals surface area contributed by atoms with Gasteiger partial charge < -0.3 is 9.64 Å². The summed E-state index contributed by atoms with van der Waals surface area (Å²) in [5, 5.41) is 10.9. The van der Waals surface area contributed by atoms with E-state index >= 15 is 0 Å². The van der Waals surface area contributed by atoms with Crippen LogP contribution in [0.1, 0.15) is 0 Å². The normalized spacial score (nSPS) is 20.4. The zero-order valence-corrected chi connectivity index (χ0v) is 9.85. The molecule has 5 nitrogen and oxygen atoms in total. The fourth-order valence-electron chi connectivity index (χ4n) is 1.92. The third-order valence-corrected chi connectivity index (χ3v) is 3.63. The molecule has 0 radical (unpaired) electrons. The summed E-state index contributed by atoms with van der Waals surface area (Å²) >= 11 is 1.63. The van der Waals surface area contributed by atoms with E-state index in [1.165, 1.54) is 0 Å². The number of ether oxygens (including phenoxy) is 1. The third-order valence-electron chi connectivity index (χ3n) is 2.73. The minimum atomic E-state index is -0.367. The maximum absolute atomic E-state index is 8.90. The van der Waals surface area contributed by atoms with Gasteiger partial charge in [0.05, 0.1) is 29.4 Å². The maximum atomic E-state index is 8.90. The number of morpholine rings is 1. The second kappa shape index (κ2) is 4.28. The van der Waals surface area contributed by atoms with E-state index in [1.54, 1.807) is 17.7 Å². The van der Waals surface area contributed by atoms with Gasteiger partial charge in [-0.3, -0.25) is 0 Å². The Hall–Kier alpha value is -1.71. The van der Waals surface area contributed by atoms with E-state index in [9.17, 15) is 0 Å². The smallest absolute Gasteiger partial charge is 0.161 e. The molecule has 0 saturated carbocycles. The molecule has 1 aliphatic heterocycles. The van der Waals surface area contributed by atoms with Crippen molar-refractivity contribution in [2.24, 2.45) is 0 Å². The van der Waals surface area contributed by atoms with Gasteiger partial charge in [0.15, 0.2) is 6.10 Å². The molecule has 2 aromatic rings. The van der Waals surface area contributed by atoms with Gasteiger partial charge in [-0.2, -0.15) is 5.26 Å². The first-order valence-corrected chi connectivity index (χ1v) is 6.21. The molecular formula is C11H10N4OS. The van der Waals surface area contributed by atoms with E-state index in [-0.39, 0.29) is 6.10 Å². The van der Waals surface area contributed by atoms with E-state index in [2.05, 4.69) is 20.9 Å². The predicted molar refractivity (Wildman–Crippen MR) is 65.0 cm³/mol. The highest BCUT2D eigenvalue weighted by Crippen LogP contribution is 2.28. The molecule has 1 atom stereocenters.